The van der Waals surface area contributed by atoms with Gasteiger partial charge in [-0.25, -0.2) is 4.39 Å². The highest BCUT2D eigenvalue weighted by molar-refractivity contribution is 9.10. The number of benzene rings is 1. The average molecular weight is 352 g/mol. The lowest BCUT2D eigenvalue weighted by Crippen LogP contribution is -2.25. The van der Waals surface area contributed by atoms with Crippen molar-refractivity contribution in [3.8, 4) is 0 Å². The molecule has 3 heteroatoms. The first-order valence-electron chi connectivity index (χ1n) is 7.82. The molecule has 1 N–H and O–H groups in total. The lowest BCUT2D eigenvalue weighted by atomic mass is 9.68. The maximum atomic E-state index is 13.7. The molecule has 1 aromatic heterocycles. The van der Waals surface area contributed by atoms with E-state index in [1.54, 1.807) is 6.07 Å². The summed E-state index contributed by atoms with van der Waals surface area (Å²) < 4.78 is 14.5. The molecular weight excluding hydrogens is 329 g/mol. The number of aromatic amines is 1. The van der Waals surface area contributed by atoms with Crippen LogP contribution in [-0.4, -0.2) is 4.98 Å². The predicted octanol–water partition coefficient (Wildman–Crippen LogP) is 6.39. The van der Waals surface area contributed by atoms with Gasteiger partial charge in [-0.3, -0.25) is 0 Å². The standard InChI is InChI=1S/C18H23BrFN/c1-18(2,3)12-6-4-11(5-7-12)15-10-21-17-14(15)8-13(20)9-16(17)19/h8-12,21H,4-7H2,1-3H3. The molecule has 0 saturated heterocycles. The van der Waals surface area contributed by atoms with Gasteiger partial charge in [-0.2, -0.15) is 0 Å². The summed E-state index contributed by atoms with van der Waals surface area (Å²) in [5, 5.41) is 1.04. The van der Waals surface area contributed by atoms with Crippen LogP contribution in [0.25, 0.3) is 10.9 Å². The second-order valence-corrected chi connectivity index (χ2v) is 8.32. The van der Waals surface area contributed by atoms with Crippen LogP contribution in [0.1, 0.15) is 57.9 Å². The van der Waals surface area contributed by atoms with Gasteiger partial charge in [0, 0.05) is 16.1 Å². The topological polar surface area (TPSA) is 15.8 Å². The number of nitrogens with one attached hydrogen (secondary N) is 1. The molecule has 0 atom stereocenters. The maximum Gasteiger partial charge on any atom is 0.125 e. The van der Waals surface area contributed by atoms with Gasteiger partial charge >= 0.3 is 0 Å². The highest BCUT2D eigenvalue weighted by atomic mass is 79.9. The molecule has 0 spiro atoms. The van der Waals surface area contributed by atoms with Gasteiger partial charge in [0.1, 0.15) is 5.82 Å². The van der Waals surface area contributed by atoms with E-state index in [9.17, 15) is 4.39 Å². The first kappa shape index (κ1) is 15.1. The summed E-state index contributed by atoms with van der Waals surface area (Å²) >= 11 is 3.45. The van der Waals surface area contributed by atoms with Crippen LogP contribution in [0.15, 0.2) is 22.8 Å². The Hall–Kier alpha value is -0.830. The van der Waals surface area contributed by atoms with Crippen molar-refractivity contribution in [3.05, 3.63) is 34.2 Å². The third-order valence-corrected chi connectivity index (χ3v) is 5.76. The summed E-state index contributed by atoms with van der Waals surface area (Å²) in [6.07, 6.45) is 7.05. The number of aromatic nitrogens is 1. The molecule has 0 unspecified atom stereocenters. The van der Waals surface area contributed by atoms with Gasteiger partial charge in [0.15, 0.2) is 0 Å². The molecule has 1 aromatic carbocycles. The second kappa shape index (κ2) is 5.42. The van der Waals surface area contributed by atoms with Gasteiger partial charge in [0.25, 0.3) is 0 Å². The molecule has 2 aromatic rings. The lowest BCUT2D eigenvalue weighted by molar-refractivity contribution is 0.169. The first-order chi connectivity index (χ1) is 9.86. The Morgan fingerprint density at radius 2 is 1.81 bits per heavy atom. The SMILES string of the molecule is CC(C)(C)C1CCC(c2c[nH]c3c(Br)cc(F)cc23)CC1. The average Bonchev–Trinajstić information content (AvgIpc) is 2.82. The second-order valence-electron chi connectivity index (χ2n) is 7.47. The molecule has 3 rings (SSSR count). The molecule has 0 radical (unpaired) electrons. The zero-order valence-corrected chi connectivity index (χ0v) is 14.6. The monoisotopic (exact) mass is 351 g/mol. The molecular formula is C18H23BrFN. The fraction of sp³-hybridized carbons (Fsp3) is 0.556. The van der Waals surface area contributed by atoms with Gasteiger partial charge in [0.05, 0.1) is 5.52 Å². The quantitative estimate of drug-likeness (QED) is 0.612. The number of H-pyrrole nitrogens is 1. The minimum atomic E-state index is -0.168. The fourth-order valence-corrected chi connectivity index (χ4v) is 4.33. The van der Waals surface area contributed by atoms with E-state index >= 15 is 0 Å². The Bertz CT molecular complexity index is 645. The number of fused-ring (bicyclic) bond motifs is 1. The van der Waals surface area contributed by atoms with Crippen molar-refractivity contribution >= 4 is 26.8 Å². The molecule has 1 saturated carbocycles. The first-order valence-corrected chi connectivity index (χ1v) is 8.61. The molecule has 21 heavy (non-hydrogen) atoms. The van der Waals surface area contributed by atoms with E-state index in [1.807, 2.05) is 0 Å². The normalized spacial score (nSPS) is 23.7. The Kier molecular flexibility index (Phi) is 3.89. The van der Waals surface area contributed by atoms with E-state index in [0.29, 0.717) is 11.3 Å². The number of hydrogen-bond donors (Lipinski definition) is 1. The van der Waals surface area contributed by atoms with E-state index < -0.39 is 0 Å². The molecule has 0 bridgehead atoms. The van der Waals surface area contributed by atoms with Crippen LogP contribution in [0.5, 0.6) is 0 Å². The Labute approximate surface area is 134 Å². The summed E-state index contributed by atoms with van der Waals surface area (Å²) in [6, 6.07) is 3.20. The highest BCUT2D eigenvalue weighted by Gasteiger charge is 2.31. The van der Waals surface area contributed by atoms with Crippen LogP contribution < -0.4 is 0 Å². The molecule has 0 amide bonds. The number of rotatable bonds is 1. The molecule has 1 aliphatic rings. The van der Waals surface area contributed by atoms with Crippen molar-refractivity contribution in [1.29, 1.82) is 0 Å². The van der Waals surface area contributed by atoms with Gasteiger partial charge in [0.2, 0.25) is 0 Å². The van der Waals surface area contributed by atoms with Crippen molar-refractivity contribution in [3.63, 3.8) is 0 Å². The third-order valence-electron chi connectivity index (χ3n) is 5.13. The number of hydrogen-bond acceptors (Lipinski definition) is 0. The van der Waals surface area contributed by atoms with Crippen LogP contribution in [0.3, 0.4) is 0 Å². The Balaban J connectivity index is 1.86. The van der Waals surface area contributed by atoms with Crippen molar-refractivity contribution < 1.29 is 4.39 Å². The summed E-state index contributed by atoms with van der Waals surface area (Å²) in [5.41, 5.74) is 2.71. The molecule has 114 valence electrons. The zero-order chi connectivity index (χ0) is 15.2. The minimum absolute atomic E-state index is 0.168. The van der Waals surface area contributed by atoms with Gasteiger partial charge in [-0.15, -0.1) is 0 Å². The van der Waals surface area contributed by atoms with E-state index in [4.69, 9.17) is 0 Å². The van der Waals surface area contributed by atoms with Gasteiger partial charge < -0.3 is 4.98 Å². The molecule has 1 heterocycles. The summed E-state index contributed by atoms with van der Waals surface area (Å²) in [6.45, 7) is 7.03. The predicted molar refractivity (Wildman–Crippen MR) is 90.1 cm³/mol. The van der Waals surface area contributed by atoms with Gasteiger partial charge in [-0.05, 0) is 76.6 Å². The van der Waals surface area contributed by atoms with Crippen molar-refractivity contribution in [2.75, 3.05) is 0 Å². The maximum absolute atomic E-state index is 13.7. The lowest BCUT2D eigenvalue weighted by Gasteiger charge is -2.37. The number of halogens is 2. The van der Waals surface area contributed by atoms with E-state index in [-0.39, 0.29) is 5.82 Å². The van der Waals surface area contributed by atoms with Gasteiger partial charge in [-0.1, -0.05) is 20.8 Å². The van der Waals surface area contributed by atoms with Crippen molar-refractivity contribution in [2.24, 2.45) is 11.3 Å². The van der Waals surface area contributed by atoms with Crippen LogP contribution in [0, 0.1) is 17.2 Å². The fourth-order valence-electron chi connectivity index (χ4n) is 3.78. The summed E-state index contributed by atoms with van der Waals surface area (Å²) in [7, 11) is 0. The zero-order valence-electron chi connectivity index (χ0n) is 13.0. The van der Waals surface area contributed by atoms with Crippen molar-refractivity contribution in [1.82, 2.24) is 4.98 Å². The highest BCUT2D eigenvalue weighted by Crippen LogP contribution is 2.45. The van der Waals surface area contributed by atoms with Crippen LogP contribution >= 0.6 is 15.9 Å². The third kappa shape index (κ3) is 2.90. The van der Waals surface area contributed by atoms with Crippen LogP contribution in [0.2, 0.25) is 0 Å². The van der Waals surface area contributed by atoms with Crippen LogP contribution in [-0.2, 0) is 0 Å². The van der Waals surface area contributed by atoms with Crippen molar-refractivity contribution in [2.45, 2.75) is 52.4 Å². The molecule has 1 fully saturated rings. The van der Waals surface area contributed by atoms with E-state index in [0.717, 1.165) is 21.3 Å². The van der Waals surface area contributed by atoms with E-state index in [1.165, 1.54) is 37.3 Å². The largest absolute Gasteiger partial charge is 0.360 e. The Morgan fingerprint density at radius 3 is 2.43 bits per heavy atom. The summed E-state index contributed by atoms with van der Waals surface area (Å²) in [4.78, 5) is 3.31. The molecule has 1 nitrogen and oxygen atoms in total. The molecule has 1 aliphatic carbocycles. The minimum Gasteiger partial charge on any atom is -0.360 e. The van der Waals surface area contributed by atoms with E-state index in [2.05, 4.69) is 47.9 Å². The van der Waals surface area contributed by atoms with Crippen LogP contribution in [0.4, 0.5) is 4.39 Å². The smallest absolute Gasteiger partial charge is 0.125 e. The molecule has 0 aliphatic heterocycles. The summed E-state index contributed by atoms with van der Waals surface area (Å²) in [5.74, 6) is 1.20. The Morgan fingerprint density at radius 1 is 1.14 bits per heavy atom.